The zero-order valence-electron chi connectivity index (χ0n) is 11.2. The Hall–Kier alpha value is -0.570. The van der Waals surface area contributed by atoms with Crippen LogP contribution in [0.3, 0.4) is 0 Å². The van der Waals surface area contributed by atoms with Crippen molar-refractivity contribution in [1.82, 2.24) is 10.2 Å². The quantitative estimate of drug-likeness (QED) is 0.815. The van der Waals surface area contributed by atoms with Crippen molar-refractivity contribution in [2.45, 2.75) is 58.4 Å². The molecule has 2 rings (SSSR count). The number of carbonyl (C=O) groups excluding carboxylic acids is 1. The van der Waals surface area contributed by atoms with Gasteiger partial charge in [-0.25, -0.2) is 0 Å². The lowest BCUT2D eigenvalue weighted by atomic mass is 9.89. The Bertz CT molecular complexity index is 261. The molecule has 1 heterocycles. The summed E-state index contributed by atoms with van der Waals surface area (Å²) in [5.41, 5.74) is 0. The molecule has 2 fully saturated rings. The average molecular weight is 238 g/mol. The second kappa shape index (κ2) is 5.85. The van der Waals surface area contributed by atoms with Crippen LogP contribution in [0.2, 0.25) is 0 Å². The van der Waals surface area contributed by atoms with E-state index in [9.17, 15) is 4.79 Å². The summed E-state index contributed by atoms with van der Waals surface area (Å²) in [7, 11) is 0. The van der Waals surface area contributed by atoms with Crippen LogP contribution in [0.15, 0.2) is 0 Å². The van der Waals surface area contributed by atoms with Crippen molar-refractivity contribution in [2.24, 2.45) is 11.8 Å². The predicted molar refractivity (Wildman–Crippen MR) is 69.5 cm³/mol. The van der Waals surface area contributed by atoms with Crippen LogP contribution >= 0.6 is 0 Å². The number of hydrogen-bond acceptors (Lipinski definition) is 2. The highest BCUT2D eigenvalue weighted by Crippen LogP contribution is 2.26. The van der Waals surface area contributed by atoms with Gasteiger partial charge in [-0.2, -0.15) is 0 Å². The van der Waals surface area contributed by atoms with Crippen LogP contribution in [0.4, 0.5) is 0 Å². The van der Waals surface area contributed by atoms with Gasteiger partial charge in [0.15, 0.2) is 0 Å². The first kappa shape index (κ1) is 12.9. The lowest BCUT2D eigenvalue weighted by Crippen LogP contribution is -2.37. The average Bonchev–Trinajstić information content (AvgIpc) is 2.72. The Morgan fingerprint density at radius 3 is 2.71 bits per heavy atom. The van der Waals surface area contributed by atoms with Crippen LogP contribution in [0.1, 0.15) is 52.4 Å². The highest BCUT2D eigenvalue weighted by molar-refractivity contribution is 5.84. The van der Waals surface area contributed by atoms with Crippen molar-refractivity contribution in [3.8, 4) is 0 Å². The third kappa shape index (κ3) is 3.01. The first-order valence-electron chi connectivity index (χ1n) is 7.24. The van der Waals surface area contributed by atoms with Crippen LogP contribution in [0, 0.1) is 11.8 Å². The molecule has 0 aromatic heterocycles. The Kier molecular flexibility index (Phi) is 4.43. The largest absolute Gasteiger partial charge is 0.328 e. The third-order valence-electron chi connectivity index (χ3n) is 4.50. The van der Waals surface area contributed by atoms with Crippen molar-refractivity contribution in [1.29, 1.82) is 0 Å². The highest BCUT2D eigenvalue weighted by atomic mass is 16.2. The van der Waals surface area contributed by atoms with Gasteiger partial charge in [0.2, 0.25) is 5.91 Å². The molecule has 2 aliphatic rings. The van der Waals surface area contributed by atoms with Gasteiger partial charge in [0.05, 0.1) is 12.7 Å². The van der Waals surface area contributed by atoms with Crippen molar-refractivity contribution in [2.75, 3.05) is 13.2 Å². The molecule has 0 aromatic carbocycles. The molecule has 0 spiro atoms. The van der Waals surface area contributed by atoms with Crippen molar-refractivity contribution in [3.63, 3.8) is 0 Å². The first-order valence-corrected chi connectivity index (χ1v) is 7.24. The van der Waals surface area contributed by atoms with Crippen LogP contribution in [0.25, 0.3) is 0 Å². The minimum Gasteiger partial charge on any atom is -0.328 e. The molecule has 1 saturated heterocycles. The van der Waals surface area contributed by atoms with E-state index in [2.05, 4.69) is 19.2 Å². The van der Waals surface area contributed by atoms with E-state index in [4.69, 9.17) is 0 Å². The molecule has 3 heteroatoms. The summed E-state index contributed by atoms with van der Waals surface area (Å²) < 4.78 is 0. The third-order valence-corrected chi connectivity index (χ3v) is 4.50. The monoisotopic (exact) mass is 238 g/mol. The molecule has 0 aromatic rings. The molecule has 0 bridgehead atoms. The SMILES string of the molecule is CCC(C)C1NCN(CC2CCCCC2)C1=O. The maximum Gasteiger partial charge on any atom is 0.241 e. The van der Waals surface area contributed by atoms with E-state index in [1.807, 2.05) is 4.90 Å². The normalized spacial score (nSPS) is 28.7. The number of carbonyl (C=O) groups is 1. The number of rotatable bonds is 4. The summed E-state index contributed by atoms with van der Waals surface area (Å²) in [4.78, 5) is 14.3. The Labute approximate surface area is 105 Å². The zero-order valence-corrected chi connectivity index (χ0v) is 11.2. The molecule has 0 radical (unpaired) electrons. The van der Waals surface area contributed by atoms with Crippen molar-refractivity contribution >= 4 is 5.91 Å². The summed E-state index contributed by atoms with van der Waals surface area (Å²) in [6.45, 7) is 6.08. The van der Waals surface area contributed by atoms with Gasteiger partial charge < -0.3 is 4.90 Å². The van der Waals surface area contributed by atoms with Gasteiger partial charge in [0, 0.05) is 6.54 Å². The summed E-state index contributed by atoms with van der Waals surface area (Å²) in [6, 6.07) is 0.0728. The number of nitrogens with zero attached hydrogens (tertiary/aromatic N) is 1. The topological polar surface area (TPSA) is 32.3 Å². The minimum absolute atomic E-state index is 0.0728. The fourth-order valence-electron chi connectivity index (χ4n) is 3.09. The van der Waals surface area contributed by atoms with Gasteiger partial charge in [-0.1, -0.05) is 39.5 Å². The van der Waals surface area contributed by atoms with Gasteiger partial charge in [-0.05, 0) is 24.7 Å². The lowest BCUT2D eigenvalue weighted by Gasteiger charge is -2.26. The molecular weight excluding hydrogens is 212 g/mol. The van der Waals surface area contributed by atoms with Crippen LogP contribution in [0.5, 0.6) is 0 Å². The van der Waals surface area contributed by atoms with E-state index in [0.717, 1.165) is 25.6 Å². The van der Waals surface area contributed by atoms with Crippen LogP contribution in [-0.2, 0) is 4.79 Å². The molecule has 1 amide bonds. The fraction of sp³-hybridized carbons (Fsp3) is 0.929. The molecule has 1 N–H and O–H groups in total. The van der Waals surface area contributed by atoms with Crippen LogP contribution < -0.4 is 5.32 Å². The Balaban J connectivity index is 1.84. The smallest absolute Gasteiger partial charge is 0.241 e. The predicted octanol–water partition coefficient (Wildman–Crippen LogP) is 2.37. The molecule has 17 heavy (non-hydrogen) atoms. The van der Waals surface area contributed by atoms with E-state index >= 15 is 0 Å². The second-order valence-corrected chi connectivity index (χ2v) is 5.79. The van der Waals surface area contributed by atoms with Gasteiger partial charge in [-0.15, -0.1) is 0 Å². The lowest BCUT2D eigenvalue weighted by molar-refractivity contribution is -0.130. The molecule has 1 aliphatic heterocycles. The molecule has 3 nitrogen and oxygen atoms in total. The van der Waals surface area contributed by atoms with E-state index in [1.54, 1.807) is 0 Å². The maximum absolute atomic E-state index is 12.2. The Morgan fingerprint density at radius 2 is 2.06 bits per heavy atom. The summed E-state index contributed by atoms with van der Waals surface area (Å²) >= 11 is 0. The first-order chi connectivity index (χ1) is 8.22. The van der Waals surface area contributed by atoms with E-state index < -0.39 is 0 Å². The number of hydrogen-bond donors (Lipinski definition) is 1. The van der Waals surface area contributed by atoms with E-state index in [-0.39, 0.29) is 6.04 Å². The molecule has 2 unspecified atom stereocenters. The number of nitrogens with one attached hydrogen (secondary N) is 1. The molecule has 98 valence electrons. The second-order valence-electron chi connectivity index (χ2n) is 5.79. The minimum atomic E-state index is 0.0728. The molecule has 1 saturated carbocycles. The van der Waals surface area contributed by atoms with Gasteiger partial charge in [-0.3, -0.25) is 10.1 Å². The summed E-state index contributed by atoms with van der Waals surface area (Å²) in [5.74, 6) is 1.55. The Morgan fingerprint density at radius 1 is 1.35 bits per heavy atom. The van der Waals surface area contributed by atoms with Crippen LogP contribution in [-0.4, -0.2) is 30.1 Å². The molecule has 2 atom stereocenters. The van der Waals surface area contributed by atoms with E-state index in [0.29, 0.717) is 11.8 Å². The van der Waals surface area contributed by atoms with Crippen molar-refractivity contribution in [3.05, 3.63) is 0 Å². The van der Waals surface area contributed by atoms with Gasteiger partial charge in [0.1, 0.15) is 0 Å². The molecular formula is C14H26N2O. The van der Waals surface area contributed by atoms with E-state index in [1.165, 1.54) is 32.1 Å². The summed E-state index contributed by atoms with van der Waals surface area (Å²) in [5, 5.41) is 3.37. The standard InChI is InChI=1S/C14H26N2O/c1-3-11(2)13-14(17)16(10-15-13)9-12-7-5-4-6-8-12/h11-13,15H,3-10H2,1-2H3. The zero-order chi connectivity index (χ0) is 12.3. The van der Waals surface area contributed by atoms with Gasteiger partial charge >= 0.3 is 0 Å². The fourth-order valence-corrected chi connectivity index (χ4v) is 3.09. The van der Waals surface area contributed by atoms with Crippen molar-refractivity contribution < 1.29 is 4.79 Å². The maximum atomic E-state index is 12.2. The number of amides is 1. The summed E-state index contributed by atoms with van der Waals surface area (Å²) in [6.07, 6.45) is 7.80. The highest BCUT2D eigenvalue weighted by Gasteiger charge is 2.35. The molecule has 1 aliphatic carbocycles. The van der Waals surface area contributed by atoms with Gasteiger partial charge in [0.25, 0.3) is 0 Å².